The first kappa shape index (κ1) is 53.1. The van der Waals surface area contributed by atoms with Gasteiger partial charge >= 0.3 is 49.4 Å². The normalized spacial score (nSPS) is 20.1. The zero-order valence-electron chi connectivity index (χ0n) is 33.1. The van der Waals surface area contributed by atoms with E-state index in [1.807, 2.05) is 0 Å². The van der Waals surface area contributed by atoms with Crippen LogP contribution in [0.5, 0.6) is 0 Å². The van der Waals surface area contributed by atoms with Gasteiger partial charge < -0.3 is 10.0 Å². The number of benzene rings is 4. The van der Waals surface area contributed by atoms with E-state index in [2.05, 4.69) is 7.05 Å². The lowest BCUT2D eigenvalue weighted by atomic mass is 9.12. The van der Waals surface area contributed by atoms with Crippen LogP contribution < -0.4 is 26.8 Å². The fraction of sp³-hybridized carbons (Fsp3) is 0.400. The van der Waals surface area contributed by atoms with Crippen LogP contribution in [0.1, 0.15) is 70.2 Å². The molecule has 0 saturated carbocycles. The molecule has 2 fully saturated rings. The molecule has 2 aliphatic rings. The third-order valence-corrected chi connectivity index (χ3v) is 11.7. The predicted molar refractivity (Wildman–Crippen MR) is 189 cm³/mol. The Kier molecular flexibility index (Phi) is 13.7. The van der Waals surface area contributed by atoms with E-state index < -0.39 is 195 Å². The number of hydrogen-bond acceptors (Lipinski definition) is 1. The van der Waals surface area contributed by atoms with Crippen molar-refractivity contribution in [3.05, 3.63) is 117 Å². The standard InChI is InChI=1S/C32H12BF24.C8H15NO/c34-25(35,36)13-1-14(26(37,38)39)6-21(5-13)33(22-7-15(27(40,41)42)2-16(8-22)28(43,44)45,23-9-17(29(46,47)48)3-18(10-23)30(49,50)51)24-11-19(31(52,53)54)4-20(12-24)32(55,56)57;1-9-6-2-3-7(9)5-8(10)4-6/h1-12H;6-8,10H,2-5H2,1H3/q-1;/p+1. The first-order valence-corrected chi connectivity index (χ1v) is 18.9. The second-order valence-corrected chi connectivity index (χ2v) is 16.1. The molecule has 2 saturated heterocycles. The average Bonchev–Trinajstić information content (AvgIpc) is 3.35. The molecule has 0 amide bonds. The van der Waals surface area contributed by atoms with Gasteiger partial charge in [0.05, 0.1) is 69.7 Å². The maximum absolute atomic E-state index is 14.2. The molecule has 2 aliphatic heterocycles. The number of halogens is 24. The molecule has 2 unspecified atom stereocenters. The molecule has 0 spiro atoms. The Morgan fingerprint density at radius 1 is 0.343 bits per heavy atom. The second kappa shape index (κ2) is 17.3. The number of aliphatic hydroxyl groups is 1. The summed E-state index contributed by atoms with van der Waals surface area (Å²) in [7, 11) is 2.27. The first-order chi connectivity index (χ1) is 30.0. The van der Waals surface area contributed by atoms with Crippen molar-refractivity contribution in [3.63, 3.8) is 0 Å². The topological polar surface area (TPSA) is 24.7 Å². The van der Waals surface area contributed by atoms with E-state index >= 15 is 0 Å². The third-order valence-electron chi connectivity index (χ3n) is 11.7. The van der Waals surface area contributed by atoms with Crippen molar-refractivity contribution >= 4 is 28.0 Å². The van der Waals surface area contributed by atoms with Crippen LogP contribution in [-0.2, 0) is 49.4 Å². The highest BCUT2D eigenvalue weighted by molar-refractivity contribution is 7.20. The van der Waals surface area contributed by atoms with Gasteiger partial charge in [0.25, 0.3) is 0 Å². The van der Waals surface area contributed by atoms with Gasteiger partial charge in [-0.05, 0) is 24.3 Å². The van der Waals surface area contributed by atoms with E-state index in [0.717, 1.165) is 24.9 Å². The van der Waals surface area contributed by atoms with Gasteiger partial charge in [0.1, 0.15) is 6.15 Å². The summed E-state index contributed by atoms with van der Waals surface area (Å²) in [6.45, 7) is 0. The third kappa shape index (κ3) is 11.6. The summed E-state index contributed by atoms with van der Waals surface area (Å²) in [6, 6.07) is -7.27. The van der Waals surface area contributed by atoms with Gasteiger partial charge in [0.2, 0.25) is 0 Å². The number of nitrogens with one attached hydrogen (secondary N) is 1. The fourth-order valence-electron chi connectivity index (χ4n) is 8.62. The monoisotopic (exact) mass is 1010 g/mol. The summed E-state index contributed by atoms with van der Waals surface area (Å²) in [6.07, 6.45) is -50.0. The SMILES string of the molecule is C[NH+]1C2CCC1CC(O)C2.FC(F)(F)c1cc([B-](c2cc(C(F)(F)F)cc(C(F)(F)F)c2)(c2cc(C(F)(F)F)cc(C(F)(F)F)c2)c2cc(C(F)(F)F)cc(C(F)(F)F)c2)cc(C(F)(F)F)c1. The van der Waals surface area contributed by atoms with E-state index in [0.29, 0.717) is 0 Å². The lowest BCUT2D eigenvalue weighted by Gasteiger charge is -2.46. The van der Waals surface area contributed by atoms with Gasteiger partial charge in [-0.1, -0.05) is 48.5 Å². The van der Waals surface area contributed by atoms with E-state index in [-0.39, 0.29) is 6.10 Å². The zero-order chi connectivity index (χ0) is 51.1. The summed E-state index contributed by atoms with van der Waals surface area (Å²) >= 11 is 0. The van der Waals surface area contributed by atoms with E-state index in [1.165, 1.54) is 12.8 Å². The van der Waals surface area contributed by atoms with Gasteiger partial charge in [-0.25, -0.2) is 0 Å². The number of piperidine rings is 1. The van der Waals surface area contributed by atoms with Crippen LogP contribution in [0.3, 0.4) is 0 Å². The van der Waals surface area contributed by atoms with Crippen LogP contribution >= 0.6 is 0 Å². The fourth-order valence-corrected chi connectivity index (χ4v) is 8.62. The van der Waals surface area contributed by atoms with Crippen LogP contribution in [0.2, 0.25) is 0 Å². The van der Waals surface area contributed by atoms with E-state index in [1.54, 1.807) is 4.90 Å². The van der Waals surface area contributed by atoms with E-state index in [4.69, 9.17) is 0 Å². The molecular weight excluding hydrogens is 977 g/mol. The van der Waals surface area contributed by atoms with E-state index in [9.17, 15) is 110 Å². The number of quaternary nitrogens is 1. The molecule has 27 heteroatoms. The molecule has 2 nitrogen and oxygen atoms in total. The lowest BCUT2D eigenvalue weighted by molar-refractivity contribution is -0.923. The highest BCUT2D eigenvalue weighted by Gasteiger charge is 2.47. The molecule has 370 valence electrons. The summed E-state index contributed by atoms with van der Waals surface area (Å²) < 4.78 is 341. The molecule has 2 atom stereocenters. The van der Waals surface area contributed by atoms with Crippen molar-refractivity contribution in [2.45, 2.75) is 93.3 Å². The summed E-state index contributed by atoms with van der Waals surface area (Å²) in [5, 5.41) is 9.39. The number of fused-ring (bicyclic) bond motifs is 2. The Labute approximate surface area is 361 Å². The van der Waals surface area contributed by atoms with Crippen LogP contribution in [0.4, 0.5) is 105 Å². The second-order valence-electron chi connectivity index (χ2n) is 16.1. The molecule has 0 radical (unpaired) electrons. The molecule has 0 aliphatic carbocycles. The lowest BCUT2D eigenvalue weighted by Crippen LogP contribution is -3.15. The molecule has 67 heavy (non-hydrogen) atoms. The van der Waals surface area contributed by atoms with Crippen molar-refractivity contribution < 1.29 is 115 Å². The minimum Gasteiger partial charge on any atom is -0.393 e. The smallest absolute Gasteiger partial charge is 0.393 e. The molecule has 6 rings (SSSR count). The predicted octanol–water partition coefficient (Wildman–Crippen LogP) is 10.4. The largest absolute Gasteiger partial charge is 0.416 e. The minimum atomic E-state index is -6.13. The number of rotatable bonds is 4. The van der Waals surface area contributed by atoms with Gasteiger partial charge in [0, 0.05) is 25.7 Å². The Morgan fingerprint density at radius 3 is 0.657 bits per heavy atom. The van der Waals surface area contributed by atoms with Gasteiger partial charge in [0.15, 0.2) is 0 Å². The maximum Gasteiger partial charge on any atom is 0.416 e. The molecule has 2 bridgehead atoms. The van der Waals surface area contributed by atoms with Crippen molar-refractivity contribution in [1.29, 1.82) is 0 Å². The van der Waals surface area contributed by atoms with Crippen LogP contribution in [0.25, 0.3) is 0 Å². The Hall–Kier alpha value is -4.82. The highest BCUT2D eigenvalue weighted by Crippen LogP contribution is 2.41. The zero-order valence-corrected chi connectivity index (χ0v) is 33.1. The molecule has 0 aromatic heterocycles. The van der Waals surface area contributed by atoms with Gasteiger partial charge in [-0.3, -0.25) is 0 Å². The number of aliphatic hydroxyl groups excluding tert-OH is 1. The Balaban J connectivity index is 0.000000733. The van der Waals surface area contributed by atoms with Gasteiger partial charge in [-0.2, -0.15) is 127 Å². The average molecular weight is 1010 g/mol. The number of hydrogen-bond donors (Lipinski definition) is 2. The van der Waals surface area contributed by atoms with Gasteiger partial charge in [-0.15, -0.1) is 0 Å². The quantitative estimate of drug-likeness (QED) is 0.155. The summed E-state index contributed by atoms with van der Waals surface area (Å²) in [4.78, 5) is 1.67. The van der Waals surface area contributed by atoms with Crippen molar-refractivity contribution in [3.8, 4) is 0 Å². The van der Waals surface area contributed by atoms with Crippen molar-refractivity contribution in [2.75, 3.05) is 7.05 Å². The molecule has 2 N–H and O–H groups in total. The molecule has 2 heterocycles. The first-order valence-electron chi connectivity index (χ1n) is 18.9. The molecule has 4 aromatic carbocycles. The Morgan fingerprint density at radius 2 is 0.507 bits per heavy atom. The number of alkyl halides is 24. The summed E-state index contributed by atoms with van der Waals surface area (Å²) in [5.74, 6) is 0. The van der Waals surface area contributed by atoms with Crippen LogP contribution in [0, 0.1) is 0 Å². The van der Waals surface area contributed by atoms with Crippen molar-refractivity contribution in [1.82, 2.24) is 0 Å². The molecule has 4 aromatic rings. The van der Waals surface area contributed by atoms with Crippen LogP contribution in [0.15, 0.2) is 72.8 Å². The highest BCUT2D eigenvalue weighted by atomic mass is 19.4. The molecular formula is C40H28BF24NO. The van der Waals surface area contributed by atoms with Crippen molar-refractivity contribution in [2.24, 2.45) is 0 Å². The Bertz CT molecular complexity index is 1980. The maximum atomic E-state index is 14.2. The minimum absolute atomic E-state index is 0.0150. The summed E-state index contributed by atoms with van der Waals surface area (Å²) in [5.41, 5.74) is -30.2. The van der Waals surface area contributed by atoms with Crippen LogP contribution in [-0.4, -0.2) is 36.5 Å².